The zero-order valence-electron chi connectivity index (χ0n) is 16.5. The first kappa shape index (κ1) is 23.1. The maximum absolute atomic E-state index is 14.4. The number of pyridine rings is 1. The van der Waals surface area contributed by atoms with Gasteiger partial charge in [0, 0.05) is 16.9 Å². The van der Waals surface area contributed by atoms with E-state index < -0.39 is 23.0 Å². The summed E-state index contributed by atoms with van der Waals surface area (Å²) in [6.07, 6.45) is 0.154. The highest BCUT2D eigenvalue weighted by Crippen LogP contribution is 2.42. The number of aromatic hydroxyl groups is 1. The molecule has 1 aromatic carbocycles. The summed E-state index contributed by atoms with van der Waals surface area (Å²) in [5, 5.41) is 23.4. The molecule has 31 heavy (non-hydrogen) atoms. The van der Waals surface area contributed by atoms with Gasteiger partial charge < -0.3 is 20.3 Å². The zero-order valence-corrected chi connectivity index (χ0v) is 18.9. The predicted octanol–water partition coefficient (Wildman–Crippen LogP) is 6.32. The number of aromatic nitrogens is 1. The van der Waals surface area contributed by atoms with Gasteiger partial charge in [-0.1, -0.05) is 43.1 Å². The molecule has 3 N–H and O–H groups in total. The van der Waals surface area contributed by atoms with Crippen molar-refractivity contribution in [3.63, 3.8) is 0 Å². The zero-order chi connectivity index (χ0) is 22.7. The Morgan fingerprint density at radius 1 is 1.29 bits per heavy atom. The molecule has 0 aliphatic rings. The number of carbonyl (C=O) groups is 1. The van der Waals surface area contributed by atoms with E-state index in [1.54, 1.807) is 18.2 Å². The minimum Gasteiger partial charge on any atom is -0.508 e. The highest BCUT2D eigenvalue weighted by molar-refractivity contribution is 7.09. The van der Waals surface area contributed by atoms with E-state index in [4.69, 9.17) is 27.9 Å². The van der Waals surface area contributed by atoms with Gasteiger partial charge >= 0.3 is 5.97 Å². The van der Waals surface area contributed by atoms with Crippen LogP contribution >= 0.6 is 34.5 Å². The Morgan fingerprint density at radius 2 is 2.03 bits per heavy atom. The third-order valence-electron chi connectivity index (χ3n) is 4.43. The van der Waals surface area contributed by atoms with E-state index in [0.717, 1.165) is 4.88 Å². The number of halogens is 3. The van der Waals surface area contributed by atoms with Crippen molar-refractivity contribution < 1.29 is 24.1 Å². The second-order valence-corrected chi connectivity index (χ2v) is 8.79. The number of hydrogen-bond acceptors (Lipinski definition) is 6. The monoisotopic (exact) mass is 484 g/mol. The van der Waals surface area contributed by atoms with Crippen LogP contribution in [0.1, 0.15) is 30.2 Å². The van der Waals surface area contributed by atoms with Crippen LogP contribution in [0.15, 0.2) is 35.7 Å². The topological polar surface area (TPSA) is 91.7 Å². The van der Waals surface area contributed by atoms with Crippen LogP contribution in [0.4, 0.5) is 10.2 Å². The Kier molecular flexibility index (Phi) is 7.25. The Labute approximate surface area is 192 Å². The van der Waals surface area contributed by atoms with Crippen LogP contribution in [0.5, 0.6) is 17.2 Å². The van der Waals surface area contributed by atoms with Crippen LogP contribution in [0, 0.1) is 5.95 Å². The van der Waals surface area contributed by atoms with Crippen LogP contribution in [-0.4, -0.2) is 27.2 Å². The first-order chi connectivity index (χ1) is 14.7. The van der Waals surface area contributed by atoms with E-state index in [2.05, 4.69) is 10.3 Å². The van der Waals surface area contributed by atoms with E-state index in [1.807, 2.05) is 19.2 Å². The number of hydrogen-bond donors (Lipinski definition) is 3. The number of thiophene rings is 1. The number of carboxylic acids is 1. The predicted molar refractivity (Wildman–Crippen MR) is 120 cm³/mol. The number of ether oxygens (including phenoxy) is 1. The van der Waals surface area contributed by atoms with Crippen molar-refractivity contribution in [2.75, 3.05) is 5.32 Å². The van der Waals surface area contributed by atoms with Gasteiger partial charge in [0.1, 0.15) is 27.6 Å². The maximum atomic E-state index is 14.4. The van der Waals surface area contributed by atoms with Gasteiger partial charge in [-0.3, -0.25) is 0 Å². The Hall–Kier alpha value is -2.55. The van der Waals surface area contributed by atoms with Crippen molar-refractivity contribution in [2.45, 2.75) is 32.2 Å². The molecule has 0 aliphatic carbocycles. The van der Waals surface area contributed by atoms with E-state index in [9.17, 15) is 19.4 Å². The molecular formula is C21H19Cl2FN2O4S. The summed E-state index contributed by atoms with van der Waals surface area (Å²) >= 11 is 13.8. The Morgan fingerprint density at radius 3 is 2.65 bits per heavy atom. The van der Waals surface area contributed by atoms with Gasteiger partial charge in [0.15, 0.2) is 11.6 Å². The van der Waals surface area contributed by atoms with Crippen molar-refractivity contribution in [3.05, 3.63) is 62.1 Å². The highest BCUT2D eigenvalue weighted by Gasteiger charge is 2.25. The number of nitrogens with one attached hydrogen (secondary N) is 1. The average Bonchev–Trinajstić information content (AvgIpc) is 3.22. The van der Waals surface area contributed by atoms with E-state index in [-0.39, 0.29) is 40.4 Å². The van der Waals surface area contributed by atoms with E-state index >= 15 is 0 Å². The molecule has 0 unspecified atom stereocenters. The summed E-state index contributed by atoms with van der Waals surface area (Å²) in [5.74, 6) is -2.24. The fourth-order valence-corrected chi connectivity index (χ4v) is 4.06. The lowest BCUT2D eigenvalue weighted by molar-refractivity contribution is -0.137. The highest BCUT2D eigenvalue weighted by atomic mass is 35.5. The molecule has 0 saturated carbocycles. The van der Waals surface area contributed by atoms with Gasteiger partial charge in [-0.05, 0) is 35.6 Å². The summed E-state index contributed by atoms with van der Waals surface area (Å²) in [4.78, 5) is 16.2. The standard InChI is InChI=1S/C21H19Cl2FN2O4S/c1-10(2)13-8-11(5-6-15(13)27)30-18-16(22)19(24)26-20(17(18)23)25-14(21(28)29)9-12-4-3-7-31-12/h3-8,10,14,27H,9H2,1-2H3,(H,25,26)(H,28,29)/t14-/m1/s1. The summed E-state index contributed by atoms with van der Waals surface area (Å²) in [7, 11) is 0. The van der Waals surface area contributed by atoms with Gasteiger partial charge in [0.05, 0.1) is 0 Å². The van der Waals surface area contributed by atoms with Crippen LogP contribution in [-0.2, 0) is 11.2 Å². The Bertz CT molecular complexity index is 1090. The summed E-state index contributed by atoms with van der Waals surface area (Å²) in [6, 6.07) is 7.03. The quantitative estimate of drug-likeness (QED) is 0.324. The number of benzene rings is 1. The van der Waals surface area contributed by atoms with Gasteiger partial charge in [-0.2, -0.15) is 9.37 Å². The molecule has 0 aliphatic heterocycles. The maximum Gasteiger partial charge on any atom is 0.326 e. The second kappa shape index (κ2) is 9.72. The minimum atomic E-state index is -1.15. The third kappa shape index (κ3) is 5.39. The molecule has 0 spiro atoms. The molecule has 0 fully saturated rings. The molecular weight excluding hydrogens is 466 g/mol. The van der Waals surface area contributed by atoms with Gasteiger partial charge in [-0.15, -0.1) is 11.3 Å². The average molecular weight is 485 g/mol. The fraction of sp³-hybridized carbons (Fsp3) is 0.238. The van der Waals surface area contributed by atoms with E-state index in [1.165, 1.54) is 23.5 Å². The summed E-state index contributed by atoms with van der Waals surface area (Å²) < 4.78 is 20.1. The first-order valence-corrected chi connectivity index (χ1v) is 10.9. The number of rotatable bonds is 8. The largest absolute Gasteiger partial charge is 0.508 e. The molecule has 2 aromatic heterocycles. The smallest absolute Gasteiger partial charge is 0.326 e. The molecule has 10 heteroatoms. The first-order valence-electron chi connectivity index (χ1n) is 9.24. The van der Waals surface area contributed by atoms with Crippen molar-refractivity contribution in [2.24, 2.45) is 0 Å². The SMILES string of the molecule is CC(C)c1cc(Oc2c(Cl)c(F)nc(N[C@H](Cc3cccs3)C(=O)O)c2Cl)ccc1O. The van der Waals surface area contributed by atoms with Gasteiger partial charge in [0.2, 0.25) is 5.95 Å². The third-order valence-corrected chi connectivity index (χ3v) is 6.01. The van der Waals surface area contributed by atoms with Crippen LogP contribution in [0.2, 0.25) is 10.0 Å². The number of phenolic OH excluding ortho intramolecular Hbond substituents is 1. The van der Waals surface area contributed by atoms with Crippen molar-refractivity contribution in [1.82, 2.24) is 4.98 Å². The van der Waals surface area contributed by atoms with Crippen LogP contribution < -0.4 is 10.1 Å². The van der Waals surface area contributed by atoms with Crippen molar-refractivity contribution in [3.8, 4) is 17.2 Å². The lowest BCUT2D eigenvalue weighted by atomic mass is 10.0. The number of nitrogens with zero attached hydrogens (tertiary/aromatic N) is 1. The molecule has 1 atom stereocenters. The number of anilines is 1. The molecule has 3 rings (SSSR count). The van der Waals surface area contributed by atoms with Crippen molar-refractivity contribution >= 4 is 46.3 Å². The molecule has 0 amide bonds. The molecule has 0 bridgehead atoms. The number of aliphatic carboxylic acids is 1. The molecule has 0 saturated heterocycles. The van der Waals surface area contributed by atoms with Gasteiger partial charge in [0.25, 0.3) is 0 Å². The molecule has 0 radical (unpaired) electrons. The molecule has 3 aromatic rings. The van der Waals surface area contributed by atoms with E-state index in [0.29, 0.717) is 5.56 Å². The Balaban J connectivity index is 1.94. The van der Waals surface area contributed by atoms with Gasteiger partial charge in [-0.25, -0.2) is 4.79 Å². The number of carboxylic acid groups (broad SMARTS) is 1. The van der Waals surface area contributed by atoms with Crippen LogP contribution in [0.25, 0.3) is 0 Å². The molecule has 6 nitrogen and oxygen atoms in total. The minimum absolute atomic E-state index is 0.00877. The normalized spacial score (nSPS) is 12.1. The summed E-state index contributed by atoms with van der Waals surface area (Å²) in [5.41, 5.74) is 0.625. The fourth-order valence-electron chi connectivity index (χ4n) is 2.85. The lowest BCUT2D eigenvalue weighted by Crippen LogP contribution is -2.32. The number of phenols is 1. The second-order valence-electron chi connectivity index (χ2n) is 7.00. The molecule has 2 heterocycles. The van der Waals surface area contributed by atoms with Crippen LogP contribution in [0.3, 0.4) is 0 Å². The van der Waals surface area contributed by atoms with Crippen molar-refractivity contribution in [1.29, 1.82) is 0 Å². The molecule has 164 valence electrons. The lowest BCUT2D eigenvalue weighted by Gasteiger charge is -2.18. The summed E-state index contributed by atoms with van der Waals surface area (Å²) in [6.45, 7) is 3.79.